The summed E-state index contributed by atoms with van der Waals surface area (Å²) in [5.74, 6) is 0.251. The standard InChI is InChI=1S/C6H6INO.ClH/c1-4-2-5(7)6(9)3-8-4;/h2-3,9H,1H3;1H. The molecule has 4 heteroatoms. The number of aromatic hydroxyl groups is 1. The fourth-order valence-corrected chi connectivity index (χ4v) is 1.11. The Morgan fingerprint density at radius 1 is 1.60 bits per heavy atom. The zero-order chi connectivity index (χ0) is 6.85. The van der Waals surface area contributed by atoms with E-state index in [0.29, 0.717) is 0 Å². The quantitative estimate of drug-likeness (QED) is 0.733. The van der Waals surface area contributed by atoms with Crippen molar-refractivity contribution in [3.8, 4) is 5.75 Å². The fraction of sp³-hybridized carbons (Fsp3) is 0.167. The van der Waals surface area contributed by atoms with E-state index in [4.69, 9.17) is 5.11 Å². The zero-order valence-corrected chi connectivity index (χ0v) is 8.31. The Morgan fingerprint density at radius 2 is 2.20 bits per heavy atom. The molecule has 0 aliphatic heterocycles. The highest BCUT2D eigenvalue weighted by molar-refractivity contribution is 14.1. The van der Waals surface area contributed by atoms with Crippen LogP contribution < -0.4 is 0 Å². The second kappa shape index (κ2) is 3.98. The summed E-state index contributed by atoms with van der Waals surface area (Å²) in [6.45, 7) is 1.89. The second-order valence-corrected chi connectivity index (χ2v) is 2.94. The first kappa shape index (κ1) is 9.97. The van der Waals surface area contributed by atoms with Crippen molar-refractivity contribution in [1.82, 2.24) is 4.98 Å². The molecule has 10 heavy (non-hydrogen) atoms. The summed E-state index contributed by atoms with van der Waals surface area (Å²) >= 11 is 2.06. The lowest BCUT2D eigenvalue weighted by Gasteiger charge is -1.94. The lowest BCUT2D eigenvalue weighted by atomic mass is 10.4. The molecule has 2 nitrogen and oxygen atoms in total. The summed E-state index contributed by atoms with van der Waals surface area (Å²) in [5.41, 5.74) is 0.928. The summed E-state index contributed by atoms with van der Waals surface area (Å²) in [5, 5.41) is 8.97. The molecule has 1 heterocycles. The lowest BCUT2D eigenvalue weighted by Crippen LogP contribution is -1.80. The molecule has 0 radical (unpaired) electrons. The minimum Gasteiger partial charge on any atom is -0.505 e. The van der Waals surface area contributed by atoms with E-state index in [1.165, 1.54) is 6.20 Å². The van der Waals surface area contributed by atoms with Crippen LogP contribution in [0.1, 0.15) is 5.69 Å². The van der Waals surface area contributed by atoms with E-state index >= 15 is 0 Å². The van der Waals surface area contributed by atoms with Crippen LogP contribution in [0.2, 0.25) is 0 Å². The first-order valence-electron chi connectivity index (χ1n) is 2.51. The van der Waals surface area contributed by atoms with Gasteiger partial charge in [-0.05, 0) is 35.6 Å². The van der Waals surface area contributed by atoms with Crippen molar-refractivity contribution in [3.63, 3.8) is 0 Å². The monoisotopic (exact) mass is 271 g/mol. The van der Waals surface area contributed by atoms with Gasteiger partial charge >= 0.3 is 0 Å². The van der Waals surface area contributed by atoms with Crippen LogP contribution in [0.5, 0.6) is 5.75 Å². The minimum absolute atomic E-state index is 0. The number of aromatic nitrogens is 1. The van der Waals surface area contributed by atoms with Gasteiger partial charge in [0.2, 0.25) is 0 Å². The van der Waals surface area contributed by atoms with Gasteiger partial charge in [0, 0.05) is 5.69 Å². The number of rotatable bonds is 0. The molecule has 0 bridgehead atoms. The molecular formula is C6H7ClINO. The Bertz CT molecular complexity index is 229. The largest absolute Gasteiger partial charge is 0.505 e. The maximum Gasteiger partial charge on any atom is 0.147 e. The van der Waals surface area contributed by atoms with E-state index in [1.807, 2.05) is 13.0 Å². The highest BCUT2D eigenvalue weighted by Crippen LogP contribution is 2.17. The Balaban J connectivity index is 0.000000810. The molecule has 0 saturated heterocycles. The van der Waals surface area contributed by atoms with Crippen LogP contribution in [-0.2, 0) is 0 Å². The van der Waals surface area contributed by atoms with E-state index in [1.54, 1.807) is 0 Å². The smallest absolute Gasteiger partial charge is 0.147 e. The maximum absolute atomic E-state index is 8.97. The van der Waals surface area contributed by atoms with Crippen molar-refractivity contribution in [2.75, 3.05) is 0 Å². The van der Waals surface area contributed by atoms with Gasteiger partial charge in [-0.2, -0.15) is 0 Å². The van der Waals surface area contributed by atoms with Crippen molar-refractivity contribution in [1.29, 1.82) is 0 Å². The third-order valence-corrected chi connectivity index (χ3v) is 1.83. The van der Waals surface area contributed by atoms with E-state index in [2.05, 4.69) is 27.6 Å². The molecule has 0 saturated carbocycles. The van der Waals surface area contributed by atoms with Crippen LogP contribution in [0, 0.1) is 10.5 Å². The first-order chi connectivity index (χ1) is 4.20. The van der Waals surface area contributed by atoms with Gasteiger partial charge in [0.1, 0.15) is 5.75 Å². The molecule has 0 fully saturated rings. The van der Waals surface area contributed by atoms with Crippen molar-refractivity contribution in [3.05, 3.63) is 21.5 Å². The van der Waals surface area contributed by atoms with Gasteiger partial charge in [-0.1, -0.05) is 0 Å². The number of aryl methyl sites for hydroxylation is 1. The molecule has 0 spiro atoms. The molecule has 0 aromatic carbocycles. The Kier molecular flexibility index (Phi) is 3.96. The van der Waals surface area contributed by atoms with Crippen LogP contribution in [-0.4, -0.2) is 10.1 Å². The predicted octanol–water partition coefficient (Wildman–Crippen LogP) is 2.12. The molecule has 1 rings (SSSR count). The summed E-state index contributed by atoms with van der Waals surface area (Å²) in [6, 6.07) is 1.83. The summed E-state index contributed by atoms with van der Waals surface area (Å²) in [6.07, 6.45) is 1.46. The minimum atomic E-state index is 0. The number of hydrogen-bond donors (Lipinski definition) is 1. The third-order valence-electron chi connectivity index (χ3n) is 0.971. The molecule has 56 valence electrons. The average Bonchev–Trinajstić information content (AvgIpc) is 1.80. The Morgan fingerprint density at radius 3 is 2.60 bits per heavy atom. The van der Waals surface area contributed by atoms with Crippen LogP contribution in [0.15, 0.2) is 12.3 Å². The molecule has 0 aliphatic rings. The zero-order valence-electron chi connectivity index (χ0n) is 5.34. The number of pyridine rings is 1. The first-order valence-corrected chi connectivity index (χ1v) is 3.59. The Labute approximate surface area is 79.2 Å². The maximum atomic E-state index is 8.97. The van der Waals surface area contributed by atoms with Gasteiger partial charge in [-0.3, -0.25) is 4.98 Å². The molecule has 1 N–H and O–H groups in total. The molecule has 1 aromatic rings. The lowest BCUT2D eigenvalue weighted by molar-refractivity contribution is 0.468. The van der Waals surface area contributed by atoms with Crippen LogP contribution >= 0.6 is 35.0 Å². The summed E-state index contributed by atoms with van der Waals surface area (Å²) < 4.78 is 0.847. The molecule has 0 atom stereocenters. The van der Waals surface area contributed by atoms with Gasteiger partial charge in [0.05, 0.1) is 9.77 Å². The van der Waals surface area contributed by atoms with Gasteiger partial charge in [0.25, 0.3) is 0 Å². The molecule has 0 amide bonds. The SMILES string of the molecule is Cc1cc(I)c(O)cn1.Cl. The molecule has 0 aliphatic carbocycles. The molecule has 0 unspecified atom stereocenters. The van der Waals surface area contributed by atoms with E-state index < -0.39 is 0 Å². The second-order valence-electron chi connectivity index (χ2n) is 1.78. The van der Waals surface area contributed by atoms with E-state index in [0.717, 1.165) is 9.26 Å². The summed E-state index contributed by atoms with van der Waals surface area (Å²) in [4.78, 5) is 3.88. The van der Waals surface area contributed by atoms with Crippen molar-refractivity contribution >= 4 is 35.0 Å². The summed E-state index contributed by atoms with van der Waals surface area (Å²) in [7, 11) is 0. The number of hydrogen-bond acceptors (Lipinski definition) is 2. The highest BCUT2D eigenvalue weighted by Gasteiger charge is 1.94. The topological polar surface area (TPSA) is 33.1 Å². The van der Waals surface area contributed by atoms with E-state index in [9.17, 15) is 0 Å². The van der Waals surface area contributed by atoms with Crippen molar-refractivity contribution in [2.24, 2.45) is 0 Å². The van der Waals surface area contributed by atoms with Gasteiger partial charge in [0.15, 0.2) is 0 Å². The van der Waals surface area contributed by atoms with E-state index in [-0.39, 0.29) is 18.2 Å². The third kappa shape index (κ3) is 2.30. The predicted molar refractivity (Wildman–Crippen MR) is 50.6 cm³/mol. The van der Waals surface area contributed by atoms with Crippen molar-refractivity contribution < 1.29 is 5.11 Å². The highest BCUT2D eigenvalue weighted by atomic mass is 127. The van der Waals surface area contributed by atoms with Gasteiger partial charge in [-0.25, -0.2) is 0 Å². The van der Waals surface area contributed by atoms with Crippen molar-refractivity contribution in [2.45, 2.75) is 6.92 Å². The van der Waals surface area contributed by atoms with Gasteiger partial charge in [-0.15, -0.1) is 12.4 Å². The van der Waals surface area contributed by atoms with Gasteiger partial charge < -0.3 is 5.11 Å². The normalized spacial score (nSPS) is 8.60. The molecule has 1 aromatic heterocycles. The van der Waals surface area contributed by atoms with Crippen LogP contribution in [0.3, 0.4) is 0 Å². The number of nitrogens with zero attached hydrogens (tertiary/aromatic N) is 1. The van der Waals surface area contributed by atoms with Crippen LogP contribution in [0.25, 0.3) is 0 Å². The Hall–Kier alpha value is -0.0300. The molecular weight excluding hydrogens is 264 g/mol. The van der Waals surface area contributed by atoms with Crippen LogP contribution in [0.4, 0.5) is 0 Å². The number of halogens is 2. The average molecular weight is 271 g/mol. The fourth-order valence-electron chi connectivity index (χ4n) is 0.519.